The molecule has 1 amide bonds. The molecular formula is C12H23ClN2O. The number of hydrogen-bond donors (Lipinski definition) is 1. The molecule has 3 nitrogen and oxygen atoms in total. The molecule has 2 N–H and O–H groups in total. The Labute approximate surface area is 104 Å². The van der Waals surface area contributed by atoms with Gasteiger partial charge in [-0.2, -0.15) is 0 Å². The van der Waals surface area contributed by atoms with Crippen LogP contribution >= 0.6 is 12.4 Å². The summed E-state index contributed by atoms with van der Waals surface area (Å²) in [7, 11) is 0. The topological polar surface area (TPSA) is 46.3 Å². The van der Waals surface area contributed by atoms with Gasteiger partial charge in [0.25, 0.3) is 0 Å². The fourth-order valence-electron chi connectivity index (χ4n) is 2.95. The summed E-state index contributed by atoms with van der Waals surface area (Å²) < 4.78 is 0. The van der Waals surface area contributed by atoms with Crippen LogP contribution in [0.15, 0.2) is 0 Å². The first-order valence-corrected chi connectivity index (χ1v) is 6.20. The van der Waals surface area contributed by atoms with E-state index in [1.165, 1.54) is 19.3 Å². The van der Waals surface area contributed by atoms with E-state index in [2.05, 4.69) is 4.90 Å². The van der Waals surface area contributed by atoms with Gasteiger partial charge in [0.2, 0.25) is 5.91 Å². The van der Waals surface area contributed by atoms with Crippen LogP contribution in [-0.2, 0) is 4.79 Å². The maximum atomic E-state index is 11.9. The van der Waals surface area contributed by atoms with Crippen molar-refractivity contribution >= 4 is 18.3 Å². The van der Waals surface area contributed by atoms with Crippen LogP contribution in [0.1, 0.15) is 39.0 Å². The molecule has 1 aliphatic carbocycles. The highest BCUT2D eigenvalue weighted by molar-refractivity contribution is 5.85. The first-order valence-electron chi connectivity index (χ1n) is 6.20. The van der Waals surface area contributed by atoms with Gasteiger partial charge < -0.3 is 10.6 Å². The summed E-state index contributed by atoms with van der Waals surface area (Å²) in [5.74, 6) is 1.94. The second-order valence-electron chi connectivity index (χ2n) is 5.27. The molecule has 1 saturated heterocycles. The smallest absolute Gasteiger partial charge is 0.222 e. The minimum absolute atomic E-state index is 0. The molecule has 2 rings (SSSR count). The normalized spacial score (nSPS) is 29.8. The molecule has 3 atom stereocenters. The third-order valence-electron chi connectivity index (χ3n) is 3.89. The molecule has 0 bridgehead atoms. The van der Waals surface area contributed by atoms with Gasteiger partial charge in [-0.25, -0.2) is 0 Å². The number of carbonyl (C=O) groups excluding carboxylic acids is 1. The zero-order valence-electron chi connectivity index (χ0n) is 10.0. The number of fused-ring (bicyclic) bond motifs is 1. The van der Waals surface area contributed by atoms with E-state index in [9.17, 15) is 4.79 Å². The summed E-state index contributed by atoms with van der Waals surface area (Å²) in [6.45, 7) is 4.00. The van der Waals surface area contributed by atoms with Crippen molar-refractivity contribution in [3.05, 3.63) is 0 Å². The standard InChI is InChI=1S/C12H22N2O.ClH/c1-9(13)5-6-12(15)14-7-10-3-2-4-11(10)8-14;/h9-11H,2-8,13H2,1H3;1H. The van der Waals surface area contributed by atoms with Crippen molar-refractivity contribution in [2.75, 3.05) is 13.1 Å². The molecule has 0 radical (unpaired) electrons. The van der Waals surface area contributed by atoms with Crippen molar-refractivity contribution in [1.29, 1.82) is 0 Å². The number of amides is 1. The molecule has 1 heterocycles. The Hall–Kier alpha value is -0.280. The van der Waals surface area contributed by atoms with Gasteiger partial charge in [0.15, 0.2) is 0 Å². The summed E-state index contributed by atoms with van der Waals surface area (Å²) in [6.07, 6.45) is 5.50. The number of carbonyl (C=O) groups is 1. The van der Waals surface area contributed by atoms with Crippen LogP contribution < -0.4 is 5.73 Å². The third kappa shape index (κ3) is 3.11. The van der Waals surface area contributed by atoms with E-state index < -0.39 is 0 Å². The number of rotatable bonds is 3. The highest BCUT2D eigenvalue weighted by atomic mass is 35.5. The molecule has 16 heavy (non-hydrogen) atoms. The zero-order chi connectivity index (χ0) is 10.8. The van der Waals surface area contributed by atoms with Gasteiger partial charge in [0, 0.05) is 25.6 Å². The quantitative estimate of drug-likeness (QED) is 0.826. The summed E-state index contributed by atoms with van der Waals surface area (Å²) >= 11 is 0. The van der Waals surface area contributed by atoms with Gasteiger partial charge in [-0.1, -0.05) is 6.42 Å². The van der Waals surface area contributed by atoms with Gasteiger partial charge in [-0.05, 0) is 38.0 Å². The molecule has 0 aromatic carbocycles. The number of hydrogen-bond acceptors (Lipinski definition) is 2. The lowest BCUT2D eigenvalue weighted by Gasteiger charge is -2.17. The molecule has 2 fully saturated rings. The van der Waals surface area contributed by atoms with Crippen LogP contribution in [-0.4, -0.2) is 29.9 Å². The van der Waals surface area contributed by atoms with Crippen molar-refractivity contribution in [3.63, 3.8) is 0 Å². The van der Waals surface area contributed by atoms with Crippen LogP contribution in [0, 0.1) is 11.8 Å². The van der Waals surface area contributed by atoms with Crippen LogP contribution in [0.4, 0.5) is 0 Å². The molecule has 94 valence electrons. The van der Waals surface area contributed by atoms with Crippen molar-refractivity contribution < 1.29 is 4.79 Å². The van der Waals surface area contributed by atoms with E-state index in [1.807, 2.05) is 6.92 Å². The Bertz CT molecular complexity index is 233. The second-order valence-corrected chi connectivity index (χ2v) is 5.27. The SMILES string of the molecule is CC(N)CCC(=O)N1CC2CCCC2C1.Cl. The largest absolute Gasteiger partial charge is 0.342 e. The van der Waals surface area contributed by atoms with E-state index in [-0.39, 0.29) is 18.4 Å². The number of likely N-dealkylation sites (tertiary alicyclic amines) is 1. The average molecular weight is 247 g/mol. The Morgan fingerprint density at radius 1 is 1.38 bits per heavy atom. The molecule has 2 aliphatic rings. The predicted octanol–water partition coefficient (Wildman–Crippen LogP) is 1.79. The maximum Gasteiger partial charge on any atom is 0.222 e. The fourth-order valence-corrected chi connectivity index (χ4v) is 2.95. The molecule has 0 aromatic heterocycles. The van der Waals surface area contributed by atoms with E-state index >= 15 is 0 Å². The Morgan fingerprint density at radius 2 is 1.94 bits per heavy atom. The Balaban J connectivity index is 0.00000128. The average Bonchev–Trinajstić information content (AvgIpc) is 2.72. The van der Waals surface area contributed by atoms with Gasteiger partial charge in [0.05, 0.1) is 0 Å². The first-order chi connectivity index (χ1) is 7.16. The van der Waals surface area contributed by atoms with Crippen molar-refractivity contribution in [3.8, 4) is 0 Å². The molecule has 1 aliphatic heterocycles. The molecular weight excluding hydrogens is 224 g/mol. The monoisotopic (exact) mass is 246 g/mol. The predicted molar refractivity (Wildman–Crippen MR) is 67.5 cm³/mol. The van der Waals surface area contributed by atoms with Gasteiger partial charge >= 0.3 is 0 Å². The first kappa shape index (κ1) is 13.8. The molecule has 3 unspecified atom stereocenters. The van der Waals surface area contributed by atoms with Crippen LogP contribution in [0.25, 0.3) is 0 Å². The lowest BCUT2D eigenvalue weighted by atomic mass is 10.0. The van der Waals surface area contributed by atoms with Crippen molar-refractivity contribution in [2.24, 2.45) is 17.6 Å². The molecule has 1 saturated carbocycles. The zero-order valence-corrected chi connectivity index (χ0v) is 10.8. The summed E-state index contributed by atoms with van der Waals surface area (Å²) in [5.41, 5.74) is 5.66. The lowest BCUT2D eigenvalue weighted by molar-refractivity contribution is -0.130. The van der Waals surface area contributed by atoms with E-state index in [1.54, 1.807) is 0 Å². The second kappa shape index (κ2) is 5.87. The Kier molecular flexibility index (Phi) is 5.06. The van der Waals surface area contributed by atoms with E-state index in [0.717, 1.165) is 31.3 Å². The van der Waals surface area contributed by atoms with Gasteiger partial charge in [0.1, 0.15) is 0 Å². The van der Waals surface area contributed by atoms with E-state index in [4.69, 9.17) is 5.73 Å². The molecule has 0 spiro atoms. The van der Waals surface area contributed by atoms with E-state index in [0.29, 0.717) is 12.3 Å². The Morgan fingerprint density at radius 3 is 2.44 bits per heavy atom. The van der Waals surface area contributed by atoms with Crippen LogP contribution in [0.3, 0.4) is 0 Å². The molecule has 0 aromatic rings. The van der Waals surface area contributed by atoms with Crippen molar-refractivity contribution in [2.45, 2.75) is 45.1 Å². The molecule has 4 heteroatoms. The minimum Gasteiger partial charge on any atom is -0.342 e. The summed E-state index contributed by atoms with van der Waals surface area (Å²) in [6, 6.07) is 0.149. The maximum absolute atomic E-state index is 11.9. The number of halogens is 1. The highest BCUT2D eigenvalue weighted by Crippen LogP contribution is 2.37. The van der Waals surface area contributed by atoms with Crippen LogP contribution in [0.2, 0.25) is 0 Å². The van der Waals surface area contributed by atoms with Crippen molar-refractivity contribution in [1.82, 2.24) is 4.90 Å². The van der Waals surface area contributed by atoms with Crippen LogP contribution in [0.5, 0.6) is 0 Å². The minimum atomic E-state index is 0. The fraction of sp³-hybridized carbons (Fsp3) is 0.917. The third-order valence-corrected chi connectivity index (χ3v) is 3.89. The highest BCUT2D eigenvalue weighted by Gasteiger charge is 2.37. The van der Waals surface area contributed by atoms with Gasteiger partial charge in [-0.15, -0.1) is 12.4 Å². The lowest BCUT2D eigenvalue weighted by Crippen LogP contribution is -2.30. The number of nitrogens with zero attached hydrogens (tertiary/aromatic N) is 1. The van der Waals surface area contributed by atoms with Gasteiger partial charge in [-0.3, -0.25) is 4.79 Å². The number of nitrogens with two attached hydrogens (primary N) is 1. The summed E-state index contributed by atoms with van der Waals surface area (Å²) in [4.78, 5) is 13.9. The summed E-state index contributed by atoms with van der Waals surface area (Å²) in [5, 5.41) is 0.